The molecule has 1 rings (SSSR count). The number of aliphatic hydroxyl groups excluding tert-OH is 1. The Balaban J connectivity index is 2.30. The van der Waals surface area contributed by atoms with Crippen molar-refractivity contribution in [2.45, 2.75) is 45.1 Å². The lowest BCUT2D eigenvalue weighted by atomic mass is 10.1. The lowest BCUT2D eigenvalue weighted by molar-refractivity contribution is -0.125. The van der Waals surface area contributed by atoms with Crippen LogP contribution in [-0.4, -0.2) is 23.7 Å². The van der Waals surface area contributed by atoms with E-state index >= 15 is 0 Å². The van der Waals surface area contributed by atoms with Crippen molar-refractivity contribution >= 4 is 5.91 Å². The fourth-order valence-electron chi connectivity index (χ4n) is 1.78. The Morgan fingerprint density at radius 1 is 1.54 bits per heavy atom. The topological polar surface area (TPSA) is 49.3 Å². The van der Waals surface area contributed by atoms with E-state index in [0.29, 0.717) is 0 Å². The van der Waals surface area contributed by atoms with Crippen LogP contribution in [0, 0.1) is 5.92 Å². The highest BCUT2D eigenvalue weighted by molar-refractivity contribution is 5.79. The van der Waals surface area contributed by atoms with E-state index in [9.17, 15) is 4.79 Å². The summed E-state index contributed by atoms with van der Waals surface area (Å²) in [5.41, 5.74) is 0. The number of carbonyl (C=O) groups excluding carboxylic acids is 1. The van der Waals surface area contributed by atoms with Gasteiger partial charge in [0.2, 0.25) is 5.91 Å². The summed E-state index contributed by atoms with van der Waals surface area (Å²) in [6.45, 7) is 2.02. The van der Waals surface area contributed by atoms with Crippen LogP contribution >= 0.6 is 0 Å². The van der Waals surface area contributed by atoms with Gasteiger partial charge in [-0.1, -0.05) is 19.8 Å². The van der Waals surface area contributed by atoms with Gasteiger partial charge in [-0.3, -0.25) is 4.79 Å². The molecule has 0 saturated heterocycles. The monoisotopic (exact) mass is 185 g/mol. The van der Waals surface area contributed by atoms with Crippen molar-refractivity contribution in [1.29, 1.82) is 0 Å². The molecule has 1 amide bonds. The molecule has 76 valence electrons. The van der Waals surface area contributed by atoms with Crippen molar-refractivity contribution in [3.05, 3.63) is 0 Å². The van der Waals surface area contributed by atoms with Gasteiger partial charge in [0, 0.05) is 5.92 Å². The number of nitrogens with one attached hydrogen (secondary N) is 1. The molecular formula is C10H19NO2. The normalized spacial score (nSPS) is 20.2. The number of amides is 1. The first-order valence-corrected chi connectivity index (χ1v) is 5.19. The first-order valence-electron chi connectivity index (χ1n) is 5.19. The van der Waals surface area contributed by atoms with Gasteiger partial charge >= 0.3 is 0 Å². The van der Waals surface area contributed by atoms with E-state index in [-0.39, 0.29) is 24.5 Å². The molecule has 0 aromatic carbocycles. The maximum atomic E-state index is 11.6. The number of carbonyl (C=O) groups is 1. The molecule has 3 nitrogen and oxygen atoms in total. The van der Waals surface area contributed by atoms with Crippen molar-refractivity contribution in [1.82, 2.24) is 5.32 Å². The Kier molecular flexibility index (Phi) is 4.22. The number of hydrogen-bond acceptors (Lipinski definition) is 2. The Bertz CT molecular complexity index is 160. The van der Waals surface area contributed by atoms with Crippen molar-refractivity contribution in [2.24, 2.45) is 5.92 Å². The molecule has 0 aliphatic heterocycles. The zero-order valence-electron chi connectivity index (χ0n) is 8.25. The van der Waals surface area contributed by atoms with Gasteiger partial charge in [-0.05, 0) is 19.3 Å². The van der Waals surface area contributed by atoms with Gasteiger partial charge in [0.25, 0.3) is 0 Å². The van der Waals surface area contributed by atoms with E-state index in [1.54, 1.807) is 0 Å². The summed E-state index contributed by atoms with van der Waals surface area (Å²) in [5.74, 6) is 0.346. The van der Waals surface area contributed by atoms with Crippen molar-refractivity contribution in [3.8, 4) is 0 Å². The molecule has 13 heavy (non-hydrogen) atoms. The minimum Gasteiger partial charge on any atom is -0.394 e. The van der Waals surface area contributed by atoms with E-state index in [4.69, 9.17) is 5.11 Å². The Morgan fingerprint density at radius 2 is 2.15 bits per heavy atom. The summed E-state index contributed by atoms with van der Waals surface area (Å²) in [6.07, 6.45) is 5.19. The zero-order valence-corrected chi connectivity index (χ0v) is 8.25. The predicted octanol–water partition coefficient (Wildman–Crippen LogP) is 1.06. The second-order valence-electron chi connectivity index (χ2n) is 3.78. The molecule has 1 atom stereocenters. The molecule has 1 saturated carbocycles. The fourth-order valence-corrected chi connectivity index (χ4v) is 1.78. The fraction of sp³-hybridized carbons (Fsp3) is 0.900. The zero-order chi connectivity index (χ0) is 9.68. The maximum Gasteiger partial charge on any atom is 0.223 e. The molecule has 1 aliphatic rings. The standard InChI is InChI=1S/C10H19NO2/c1-2-9(7-12)11-10(13)8-5-3-4-6-8/h8-9,12H,2-7H2,1H3,(H,11,13)/t9-/m1/s1. The Morgan fingerprint density at radius 3 is 2.62 bits per heavy atom. The second kappa shape index (κ2) is 5.22. The molecule has 1 fully saturated rings. The molecule has 1 aliphatic carbocycles. The summed E-state index contributed by atoms with van der Waals surface area (Å²) in [7, 11) is 0. The Hall–Kier alpha value is -0.570. The van der Waals surface area contributed by atoms with Gasteiger partial charge in [-0.2, -0.15) is 0 Å². The van der Waals surface area contributed by atoms with Crippen LogP contribution in [0.15, 0.2) is 0 Å². The van der Waals surface area contributed by atoms with E-state index in [1.165, 1.54) is 12.8 Å². The maximum absolute atomic E-state index is 11.6. The molecule has 0 bridgehead atoms. The molecule has 0 aromatic rings. The summed E-state index contributed by atoms with van der Waals surface area (Å²) in [4.78, 5) is 11.6. The van der Waals surface area contributed by atoms with E-state index in [2.05, 4.69) is 5.32 Å². The Labute approximate surface area is 79.5 Å². The molecule has 2 N–H and O–H groups in total. The molecule has 0 aromatic heterocycles. The van der Waals surface area contributed by atoms with Crippen LogP contribution < -0.4 is 5.32 Å². The van der Waals surface area contributed by atoms with Crippen LogP contribution in [-0.2, 0) is 4.79 Å². The highest BCUT2D eigenvalue weighted by atomic mass is 16.3. The van der Waals surface area contributed by atoms with E-state index in [1.807, 2.05) is 6.92 Å². The van der Waals surface area contributed by atoms with Gasteiger partial charge in [0.05, 0.1) is 12.6 Å². The van der Waals surface area contributed by atoms with Crippen molar-refractivity contribution in [2.75, 3.05) is 6.61 Å². The summed E-state index contributed by atoms with van der Waals surface area (Å²) < 4.78 is 0. The van der Waals surface area contributed by atoms with Crippen molar-refractivity contribution in [3.63, 3.8) is 0 Å². The largest absolute Gasteiger partial charge is 0.394 e. The molecule has 0 heterocycles. The summed E-state index contributed by atoms with van der Waals surface area (Å²) in [6, 6.07) is -0.0481. The average molecular weight is 185 g/mol. The highest BCUT2D eigenvalue weighted by Gasteiger charge is 2.23. The molecule has 0 radical (unpaired) electrons. The van der Waals surface area contributed by atoms with Crippen LogP contribution in [0.3, 0.4) is 0 Å². The van der Waals surface area contributed by atoms with Gasteiger partial charge in [-0.15, -0.1) is 0 Å². The third-order valence-corrected chi connectivity index (χ3v) is 2.79. The van der Waals surface area contributed by atoms with E-state index in [0.717, 1.165) is 19.3 Å². The van der Waals surface area contributed by atoms with Gasteiger partial charge in [-0.25, -0.2) is 0 Å². The van der Waals surface area contributed by atoms with Crippen LogP contribution in [0.2, 0.25) is 0 Å². The highest BCUT2D eigenvalue weighted by Crippen LogP contribution is 2.24. The van der Waals surface area contributed by atoms with Crippen molar-refractivity contribution < 1.29 is 9.90 Å². The second-order valence-corrected chi connectivity index (χ2v) is 3.78. The lowest BCUT2D eigenvalue weighted by Crippen LogP contribution is -2.39. The lowest BCUT2D eigenvalue weighted by Gasteiger charge is -2.16. The molecule has 0 spiro atoms. The first kappa shape index (κ1) is 10.5. The van der Waals surface area contributed by atoms with Gasteiger partial charge in [0.1, 0.15) is 0 Å². The predicted molar refractivity (Wildman–Crippen MR) is 51.3 cm³/mol. The number of aliphatic hydroxyl groups is 1. The molecular weight excluding hydrogens is 166 g/mol. The first-order chi connectivity index (χ1) is 6.27. The molecule has 0 unspecified atom stereocenters. The number of rotatable bonds is 4. The average Bonchev–Trinajstić information content (AvgIpc) is 2.66. The molecule has 3 heteroatoms. The smallest absolute Gasteiger partial charge is 0.223 e. The summed E-state index contributed by atoms with van der Waals surface area (Å²) >= 11 is 0. The van der Waals surface area contributed by atoms with Crippen LogP contribution in [0.25, 0.3) is 0 Å². The van der Waals surface area contributed by atoms with Crippen LogP contribution in [0.1, 0.15) is 39.0 Å². The third-order valence-electron chi connectivity index (χ3n) is 2.79. The minimum absolute atomic E-state index is 0.0481. The van der Waals surface area contributed by atoms with Crippen LogP contribution in [0.5, 0.6) is 0 Å². The third kappa shape index (κ3) is 2.99. The number of hydrogen-bond donors (Lipinski definition) is 2. The summed E-state index contributed by atoms with van der Waals surface area (Å²) in [5, 5.41) is 11.8. The van der Waals surface area contributed by atoms with E-state index < -0.39 is 0 Å². The SMILES string of the molecule is CC[C@H](CO)NC(=O)C1CCCC1. The minimum atomic E-state index is -0.0481. The quantitative estimate of drug-likeness (QED) is 0.688. The van der Waals surface area contributed by atoms with Gasteiger partial charge in [0.15, 0.2) is 0 Å². The van der Waals surface area contributed by atoms with Crippen LogP contribution in [0.4, 0.5) is 0 Å². The van der Waals surface area contributed by atoms with Gasteiger partial charge < -0.3 is 10.4 Å².